The molecule has 0 spiro atoms. The van der Waals surface area contributed by atoms with Crippen molar-refractivity contribution in [2.24, 2.45) is 0 Å². The zero-order valence-electron chi connectivity index (χ0n) is 56.8. The van der Waals surface area contributed by atoms with Crippen LogP contribution in [0.3, 0.4) is 0 Å². The molecule has 0 heterocycles. The summed E-state index contributed by atoms with van der Waals surface area (Å²) in [4.78, 5) is 37.5. The van der Waals surface area contributed by atoms with Gasteiger partial charge in [-0.3, -0.25) is 9.59 Å². The van der Waals surface area contributed by atoms with E-state index in [1.807, 2.05) is 21.1 Å². The number of hydrogen-bond acceptors (Lipinski definition) is 8. The van der Waals surface area contributed by atoms with Crippen molar-refractivity contribution in [2.45, 2.75) is 392 Å². The minimum Gasteiger partial charge on any atom is -0.545 e. The maximum absolute atomic E-state index is 12.9. The quantitative estimate of drug-likeness (QED) is 0.0195. The number of carboxylic acid groups (broad SMARTS) is 1. The second kappa shape index (κ2) is 66.7. The molecule has 0 aromatic heterocycles. The van der Waals surface area contributed by atoms with Gasteiger partial charge in [0, 0.05) is 12.8 Å². The Kier molecular flexibility index (Phi) is 64.9. The number of aliphatic carboxylic acids is 1. The number of ether oxygens (including phenoxy) is 4. The van der Waals surface area contributed by atoms with Gasteiger partial charge in [0.15, 0.2) is 12.4 Å². The van der Waals surface area contributed by atoms with Crippen LogP contribution in [-0.2, 0) is 33.3 Å². The third-order valence-corrected chi connectivity index (χ3v) is 17.0. The lowest BCUT2D eigenvalue weighted by Crippen LogP contribution is -2.44. The molecule has 0 aromatic carbocycles. The number of carbonyl (C=O) groups is 3. The summed E-state index contributed by atoms with van der Waals surface area (Å²) in [6.45, 7) is 4.82. The number of unbranched alkanes of at least 4 members (excludes halogenated alkanes) is 51. The van der Waals surface area contributed by atoms with Gasteiger partial charge < -0.3 is 33.3 Å². The molecule has 2 atom stereocenters. The first-order valence-electron chi connectivity index (χ1n) is 37.0. The molecule has 496 valence electrons. The summed E-state index contributed by atoms with van der Waals surface area (Å²) in [5, 5.41) is 11.8. The van der Waals surface area contributed by atoms with Crippen molar-refractivity contribution in [1.82, 2.24) is 0 Å². The van der Waals surface area contributed by atoms with Crippen LogP contribution in [0.15, 0.2) is 24.3 Å². The Morgan fingerprint density at radius 3 is 0.940 bits per heavy atom. The average Bonchev–Trinajstić information content (AvgIpc) is 3.51. The smallest absolute Gasteiger partial charge is 0.306 e. The Balaban J connectivity index is 4.02. The molecule has 0 saturated carbocycles. The Morgan fingerprint density at radius 1 is 0.357 bits per heavy atom. The zero-order chi connectivity index (χ0) is 61.2. The molecule has 0 aliphatic heterocycles. The van der Waals surface area contributed by atoms with Gasteiger partial charge in [0.2, 0.25) is 0 Å². The number of rotatable bonds is 70. The van der Waals surface area contributed by atoms with E-state index in [1.54, 1.807) is 0 Å². The first-order valence-corrected chi connectivity index (χ1v) is 37.0. The van der Waals surface area contributed by atoms with E-state index in [0.29, 0.717) is 17.4 Å². The van der Waals surface area contributed by atoms with Gasteiger partial charge in [-0.2, -0.15) is 0 Å². The highest BCUT2D eigenvalue weighted by atomic mass is 16.7. The normalized spacial score (nSPS) is 12.7. The number of carbonyl (C=O) groups excluding carboxylic acids is 3. The second-order valence-electron chi connectivity index (χ2n) is 26.6. The summed E-state index contributed by atoms with van der Waals surface area (Å²) < 4.78 is 22.9. The van der Waals surface area contributed by atoms with Crippen LogP contribution < -0.4 is 5.11 Å². The number of carboxylic acids is 1. The van der Waals surface area contributed by atoms with Crippen LogP contribution in [0.2, 0.25) is 0 Å². The van der Waals surface area contributed by atoms with Crippen molar-refractivity contribution in [3.8, 4) is 0 Å². The van der Waals surface area contributed by atoms with Gasteiger partial charge >= 0.3 is 11.9 Å². The van der Waals surface area contributed by atoms with Crippen LogP contribution in [0, 0.1) is 0 Å². The van der Waals surface area contributed by atoms with Crippen LogP contribution in [0.1, 0.15) is 380 Å². The predicted molar refractivity (Wildman–Crippen MR) is 357 cm³/mol. The van der Waals surface area contributed by atoms with Crippen LogP contribution in [0.25, 0.3) is 0 Å². The fraction of sp³-hybridized carbons (Fsp3) is 0.907. The van der Waals surface area contributed by atoms with E-state index in [-0.39, 0.29) is 32.2 Å². The number of nitrogens with zero attached hydrogens (tertiary/aromatic N) is 1. The lowest BCUT2D eigenvalue weighted by molar-refractivity contribution is -0.870. The average molecular weight is 1190 g/mol. The molecule has 0 radical (unpaired) electrons. The monoisotopic (exact) mass is 1190 g/mol. The number of likely N-dealkylation sites (N-methyl/N-ethyl adjacent to an activating group) is 1. The molecule has 0 amide bonds. The highest BCUT2D eigenvalue weighted by Crippen LogP contribution is 2.19. The third kappa shape index (κ3) is 67.3. The summed E-state index contributed by atoms with van der Waals surface area (Å²) in [6.07, 6.45) is 79.9. The van der Waals surface area contributed by atoms with Crippen LogP contribution in [0.5, 0.6) is 0 Å². The van der Waals surface area contributed by atoms with Gasteiger partial charge in [-0.1, -0.05) is 346 Å². The van der Waals surface area contributed by atoms with Crippen molar-refractivity contribution >= 4 is 17.9 Å². The standard InChI is InChI=1S/C75H143NO8/c1-6-8-10-12-14-16-18-20-22-24-26-28-30-32-34-36-37-38-40-42-44-46-48-50-52-54-56-58-60-62-64-66-73(78)84-71(70-83-75(74(79)80)81-68-67-76(3,4)5)69-82-72(77)65-63-61-59-57-55-53-51-49-47-45-43-41-39-35-33-31-29-27-25-23-21-19-17-15-13-11-9-7-2/h18,20,24,26,71,75H,6-17,19,21-23,25,27-70H2,1-5H3/b20-18-,26-24-. The first-order chi connectivity index (χ1) is 41.1. The van der Waals surface area contributed by atoms with Crippen molar-refractivity contribution in [3.05, 3.63) is 24.3 Å². The van der Waals surface area contributed by atoms with Gasteiger partial charge in [0.1, 0.15) is 13.2 Å². The van der Waals surface area contributed by atoms with Gasteiger partial charge in [-0.15, -0.1) is 0 Å². The van der Waals surface area contributed by atoms with E-state index in [0.717, 1.165) is 44.9 Å². The predicted octanol–water partition coefficient (Wildman–Crippen LogP) is 21.6. The lowest BCUT2D eigenvalue weighted by atomic mass is 10.0. The summed E-state index contributed by atoms with van der Waals surface area (Å²) in [6, 6.07) is 0. The van der Waals surface area contributed by atoms with E-state index < -0.39 is 24.3 Å². The van der Waals surface area contributed by atoms with Gasteiger partial charge in [0.05, 0.1) is 40.3 Å². The molecule has 0 saturated heterocycles. The summed E-state index contributed by atoms with van der Waals surface area (Å²) in [5.41, 5.74) is 0. The maximum atomic E-state index is 12.9. The molecule has 0 fully saturated rings. The summed E-state index contributed by atoms with van der Waals surface area (Å²) in [7, 11) is 5.95. The van der Waals surface area contributed by atoms with Crippen LogP contribution in [-0.4, -0.2) is 82.3 Å². The molecule has 0 aliphatic rings. The van der Waals surface area contributed by atoms with Gasteiger partial charge in [0.25, 0.3) is 0 Å². The van der Waals surface area contributed by atoms with E-state index in [4.69, 9.17) is 18.9 Å². The molecule has 84 heavy (non-hydrogen) atoms. The highest BCUT2D eigenvalue weighted by Gasteiger charge is 2.22. The minimum absolute atomic E-state index is 0.152. The maximum Gasteiger partial charge on any atom is 0.306 e. The highest BCUT2D eigenvalue weighted by molar-refractivity contribution is 5.70. The second-order valence-corrected chi connectivity index (χ2v) is 26.6. The number of hydrogen-bond donors (Lipinski definition) is 0. The largest absolute Gasteiger partial charge is 0.545 e. The Hall–Kier alpha value is -2.23. The fourth-order valence-electron chi connectivity index (χ4n) is 11.3. The minimum atomic E-state index is -1.62. The van der Waals surface area contributed by atoms with Crippen LogP contribution >= 0.6 is 0 Å². The zero-order valence-corrected chi connectivity index (χ0v) is 56.8. The molecule has 2 unspecified atom stereocenters. The topological polar surface area (TPSA) is 111 Å². The Morgan fingerprint density at radius 2 is 0.643 bits per heavy atom. The molecule has 0 bridgehead atoms. The third-order valence-electron chi connectivity index (χ3n) is 17.0. The molecular formula is C75H143NO8. The molecule has 0 aromatic rings. The SMILES string of the molecule is CCCCCCC/C=C\C/C=C\CCCCCCCCCCCCCCCCCCCCCC(=O)OC(COC(=O)CCCCCCCCCCCCCCCCCCCCCCCCCCCCCC)COC(OCC[N+](C)(C)C)C(=O)[O-]. The summed E-state index contributed by atoms with van der Waals surface area (Å²) >= 11 is 0. The first kappa shape index (κ1) is 81.8. The molecular weight excluding hydrogens is 1040 g/mol. The lowest BCUT2D eigenvalue weighted by Gasteiger charge is -2.26. The summed E-state index contributed by atoms with van der Waals surface area (Å²) in [5.74, 6) is -2.25. The molecule has 0 rings (SSSR count). The molecule has 9 nitrogen and oxygen atoms in total. The van der Waals surface area contributed by atoms with Crippen molar-refractivity contribution in [1.29, 1.82) is 0 Å². The molecule has 0 aliphatic carbocycles. The van der Waals surface area contributed by atoms with E-state index >= 15 is 0 Å². The Bertz CT molecular complexity index is 1430. The van der Waals surface area contributed by atoms with Crippen LogP contribution in [0.4, 0.5) is 0 Å². The van der Waals surface area contributed by atoms with E-state index in [9.17, 15) is 19.5 Å². The Labute approximate surface area is 522 Å². The van der Waals surface area contributed by atoms with Crippen molar-refractivity contribution in [2.75, 3.05) is 47.5 Å². The van der Waals surface area contributed by atoms with E-state index in [2.05, 4.69) is 38.2 Å². The van der Waals surface area contributed by atoms with Crippen molar-refractivity contribution in [3.63, 3.8) is 0 Å². The van der Waals surface area contributed by atoms with Gasteiger partial charge in [-0.05, 0) is 44.9 Å². The number of quaternary nitrogens is 1. The fourth-order valence-corrected chi connectivity index (χ4v) is 11.3. The molecule has 9 heteroatoms. The van der Waals surface area contributed by atoms with E-state index in [1.165, 1.54) is 308 Å². The number of esters is 2. The number of allylic oxidation sites excluding steroid dienone is 4. The molecule has 0 N–H and O–H groups in total. The van der Waals surface area contributed by atoms with Gasteiger partial charge in [-0.25, -0.2) is 0 Å². The van der Waals surface area contributed by atoms with Crippen molar-refractivity contribution < 1.29 is 42.9 Å².